The van der Waals surface area contributed by atoms with Crippen molar-refractivity contribution in [3.63, 3.8) is 0 Å². The van der Waals surface area contributed by atoms with Crippen molar-refractivity contribution in [2.75, 3.05) is 0 Å². The highest BCUT2D eigenvalue weighted by atomic mass is 19.4. The van der Waals surface area contributed by atoms with Gasteiger partial charge in [-0.3, -0.25) is 0 Å². The number of nitrogens with two attached hydrogens (primary N) is 1. The van der Waals surface area contributed by atoms with Gasteiger partial charge in [-0.15, -0.1) is 0 Å². The van der Waals surface area contributed by atoms with Gasteiger partial charge in [0, 0.05) is 18.2 Å². The van der Waals surface area contributed by atoms with E-state index in [4.69, 9.17) is 10.5 Å². The molecule has 2 N–H and O–H groups in total. The number of rotatable bonds is 4. The summed E-state index contributed by atoms with van der Waals surface area (Å²) >= 11 is 0. The minimum atomic E-state index is -4.40. The van der Waals surface area contributed by atoms with E-state index in [2.05, 4.69) is 0 Å². The van der Waals surface area contributed by atoms with E-state index in [-0.39, 0.29) is 18.9 Å². The quantitative estimate of drug-likeness (QED) is 0.870. The van der Waals surface area contributed by atoms with Gasteiger partial charge in [0.25, 0.3) is 0 Å². The third-order valence-corrected chi connectivity index (χ3v) is 2.90. The molecular formula is C15H13F4NO. The SMILES string of the molecule is NCc1ccc(OCc2cccc(C(F)(F)F)c2)cc1F. The van der Waals surface area contributed by atoms with Gasteiger partial charge in [-0.25, -0.2) is 4.39 Å². The predicted molar refractivity (Wildman–Crippen MR) is 70.1 cm³/mol. The maximum absolute atomic E-state index is 13.5. The predicted octanol–water partition coefficient (Wildman–Crippen LogP) is 3.88. The average molecular weight is 299 g/mol. The molecule has 112 valence electrons. The normalized spacial score (nSPS) is 11.5. The van der Waals surface area contributed by atoms with Crippen LogP contribution in [0.5, 0.6) is 5.75 Å². The van der Waals surface area contributed by atoms with Crippen LogP contribution < -0.4 is 10.5 Å². The number of ether oxygens (including phenoxy) is 1. The lowest BCUT2D eigenvalue weighted by molar-refractivity contribution is -0.137. The van der Waals surface area contributed by atoms with Crippen molar-refractivity contribution in [1.29, 1.82) is 0 Å². The zero-order chi connectivity index (χ0) is 15.5. The van der Waals surface area contributed by atoms with Gasteiger partial charge in [0.1, 0.15) is 18.2 Å². The van der Waals surface area contributed by atoms with Gasteiger partial charge in [-0.2, -0.15) is 13.2 Å². The highest BCUT2D eigenvalue weighted by Crippen LogP contribution is 2.29. The van der Waals surface area contributed by atoms with E-state index in [1.54, 1.807) is 0 Å². The van der Waals surface area contributed by atoms with Crippen LogP contribution in [0.1, 0.15) is 16.7 Å². The van der Waals surface area contributed by atoms with Gasteiger partial charge < -0.3 is 10.5 Å². The van der Waals surface area contributed by atoms with Gasteiger partial charge in [0.15, 0.2) is 0 Å². The zero-order valence-corrected chi connectivity index (χ0v) is 11.0. The van der Waals surface area contributed by atoms with Crippen molar-refractivity contribution in [1.82, 2.24) is 0 Å². The lowest BCUT2D eigenvalue weighted by atomic mass is 10.1. The molecule has 0 aliphatic carbocycles. The van der Waals surface area contributed by atoms with Crippen LogP contribution in [0.2, 0.25) is 0 Å². The summed E-state index contributed by atoms with van der Waals surface area (Å²) in [5.74, 6) is -0.263. The Morgan fingerprint density at radius 3 is 2.43 bits per heavy atom. The molecule has 0 fully saturated rings. The fourth-order valence-electron chi connectivity index (χ4n) is 1.79. The summed E-state index contributed by atoms with van der Waals surface area (Å²) in [6.07, 6.45) is -4.40. The molecule has 2 rings (SSSR count). The Balaban J connectivity index is 2.08. The molecule has 21 heavy (non-hydrogen) atoms. The van der Waals surface area contributed by atoms with E-state index < -0.39 is 17.6 Å². The summed E-state index contributed by atoms with van der Waals surface area (Å²) in [7, 11) is 0. The summed E-state index contributed by atoms with van der Waals surface area (Å²) in [5.41, 5.74) is 5.30. The molecule has 0 aliphatic rings. The molecule has 6 heteroatoms. The Morgan fingerprint density at radius 2 is 1.81 bits per heavy atom. The number of hydrogen-bond acceptors (Lipinski definition) is 2. The molecule has 0 bridgehead atoms. The zero-order valence-electron chi connectivity index (χ0n) is 11.0. The Hall–Kier alpha value is -2.08. The topological polar surface area (TPSA) is 35.2 Å². The largest absolute Gasteiger partial charge is 0.489 e. The molecule has 2 aromatic carbocycles. The minimum absolute atomic E-state index is 0.0692. The van der Waals surface area contributed by atoms with Crippen LogP contribution in [0.15, 0.2) is 42.5 Å². The third-order valence-electron chi connectivity index (χ3n) is 2.90. The molecule has 0 heterocycles. The average Bonchev–Trinajstić information content (AvgIpc) is 2.45. The second-order valence-corrected chi connectivity index (χ2v) is 4.44. The van der Waals surface area contributed by atoms with Crippen LogP contribution in [0.4, 0.5) is 17.6 Å². The van der Waals surface area contributed by atoms with Crippen molar-refractivity contribution in [3.05, 3.63) is 65.0 Å². The Kier molecular flexibility index (Phi) is 4.47. The maximum atomic E-state index is 13.5. The Morgan fingerprint density at radius 1 is 1.05 bits per heavy atom. The van der Waals surface area contributed by atoms with E-state index >= 15 is 0 Å². The molecule has 0 radical (unpaired) electrons. The van der Waals surface area contributed by atoms with Crippen LogP contribution in [0, 0.1) is 5.82 Å². The Bertz CT molecular complexity index is 625. The first kappa shape index (κ1) is 15.3. The summed E-state index contributed by atoms with van der Waals surface area (Å²) in [4.78, 5) is 0. The smallest absolute Gasteiger partial charge is 0.416 e. The molecule has 0 unspecified atom stereocenters. The Labute approximate surface area is 119 Å². The molecule has 0 aliphatic heterocycles. The van der Waals surface area contributed by atoms with E-state index in [1.165, 1.54) is 24.3 Å². The second kappa shape index (κ2) is 6.13. The first-order valence-electron chi connectivity index (χ1n) is 6.17. The molecule has 2 nitrogen and oxygen atoms in total. The molecule has 0 aromatic heterocycles. The third kappa shape index (κ3) is 3.95. The molecule has 0 saturated heterocycles. The number of halogens is 4. The van der Waals surface area contributed by atoms with E-state index in [0.29, 0.717) is 11.1 Å². The van der Waals surface area contributed by atoms with E-state index in [9.17, 15) is 17.6 Å². The molecular weight excluding hydrogens is 286 g/mol. The van der Waals surface area contributed by atoms with Crippen LogP contribution >= 0.6 is 0 Å². The van der Waals surface area contributed by atoms with Crippen LogP contribution in [-0.2, 0) is 19.3 Å². The molecule has 0 saturated carbocycles. The van der Waals surface area contributed by atoms with Gasteiger partial charge in [0.05, 0.1) is 5.56 Å². The molecule has 0 spiro atoms. The highest BCUT2D eigenvalue weighted by Gasteiger charge is 2.30. The first-order chi connectivity index (χ1) is 9.90. The summed E-state index contributed by atoms with van der Waals surface area (Å²) < 4.78 is 56.5. The van der Waals surface area contributed by atoms with Crippen molar-refractivity contribution < 1.29 is 22.3 Å². The summed E-state index contributed by atoms with van der Waals surface area (Å²) in [5, 5.41) is 0. The van der Waals surface area contributed by atoms with Crippen molar-refractivity contribution in [2.24, 2.45) is 5.73 Å². The molecule has 0 atom stereocenters. The van der Waals surface area contributed by atoms with Gasteiger partial charge in [-0.05, 0) is 23.8 Å². The van der Waals surface area contributed by atoms with Crippen molar-refractivity contribution in [3.8, 4) is 5.75 Å². The van der Waals surface area contributed by atoms with Gasteiger partial charge in [0.2, 0.25) is 0 Å². The first-order valence-corrected chi connectivity index (χ1v) is 6.17. The van der Waals surface area contributed by atoms with Crippen LogP contribution in [-0.4, -0.2) is 0 Å². The van der Waals surface area contributed by atoms with Gasteiger partial charge in [-0.1, -0.05) is 18.2 Å². The standard InChI is InChI=1S/C15H13F4NO/c16-14-7-13(5-4-11(14)8-20)21-9-10-2-1-3-12(6-10)15(17,18)19/h1-7H,8-9,20H2. The van der Waals surface area contributed by atoms with E-state index in [0.717, 1.165) is 18.2 Å². The number of benzene rings is 2. The summed E-state index contributed by atoms with van der Waals surface area (Å²) in [6.45, 7) is -0.00886. The second-order valence-electron chi connectivity index (χ2n) is 4.44. The lowest BCUT2D eigenvalue weighted by Crippen LogP contribution is -2.06. The van der Waals surface area contributed by atoms with E-state index in [1.807, 2.05) is 0 Å². The number of alkyl halides is 3. The highest BCUT2D eigenvalue weighted by molar-refractivity contribution is 5.30. The lowest BCUT2D eigenvalue weighted by Gasteiger charge is -2.10. The summed E-state index contributed by atoms with van der Waals surface area (Å²) in [6, 6.07) is 8.98. The maximum Gasteiger partial charge on any atom is 0.416 e. The fraction of sp³-hybridized carbons (Fsp3) is 0.200. The molecule has 2 aromatic rings. The van der Waals surface area contributed by atoms with Gasteiger partial charge >= 0.3 is 6.18 Å². The number of hydrogen-bond donors (Lipinski definition) is 1. The minimum Gasteiger partial charge on any atom is -0.489 e. The van der Waals surface area contributed by atoms with Crippen LogP contribution in [0.3, 0.4) is 0 Å². The van der Waals surface area contributed by atoms with Crippen molar-refractivity contribution in [2.45, 2.75) is 19.3 Å². The van der Waals surface area contributed by atoms with Crippen molar-refractivity contribution >= 4 is 0 Å². The molecule has 0 amide bonds. The monoisotopic (exact) mass is 299 g/mol. The fourth-order valence-corrected chi connectivity index (χ4v) is 1.79. The van der Waals surface area contributed by atoms with Crippen LogP contribution in [0.25, 0.3) is 0 Å².